The number of anilines is 1. The van der Waals surface area contributed by atoms with Crippen LogP contribution in [0.1, 0.15) is 35.2 Å². The molecule has 100 valence electrons. The third-order valence-corrected chi connectivity index (χ3v) is 4.19. The Morgan fingerprint density at radius 2 is 1.95 bits per heavy atom. The second-order valence-corrected chi connectivity index (χ2v) is 5.89. The first-order chi connectivity index (χ1) is 9.69. The van der Waals surface area contributed by atoms with Gasteiger partial charge in [-0.1, -0.05) is 40.2 Å². The van der Waals surface area contributed by atoms with Gasteiger partial charge in [0.25, 0.3) is 0 Å². The van der Waals surface area contributed by atoms with Crippen LogP contribution in [-0.2, 0) is 0 Å². The van der Waals surface area contributed by atoms with E-state index in [1.54, 1.807) is 0 Å². The minimum atomic E-state index is 0.0568. The average molecular weight is 328 g/mol. The van der Waals surface area contributed by atoms with Gasteiger partial charge in [-0.15, -0.1) is 0 Å². The molecule has 2 atom stereocenters. The van der Waals surface area contributed by atoms with E-state index in [-0.39, 0.29) is 12.1 Å². The molecule has 0 fully saturated rings. The van der Waals surface area contributed by atoms with Crippen LogP contribution < -0.4 is 11.1 Å². The molecule has 0 heterocycles. The van der Waals surface area contributed by atoms with Gasteiger partial charge in [-0.25, -0.2) is 0 Å². The molecule has 1 aliphatic carbocycles. The van der Waals surface area contributed by atoms with Crippen molar-refractivity contribution in [1.29, 1.82) is 5.26 Å². The highest BCUT2D eigenvalue weighted by Gasteiger charge is 2.28. The van der Waals surface area contributed by atoms with Gasteiger partial charge in [0.2, 0.25) is 0 Å². The topological polar surface area (TPSA) is 61.8 Å². The van der Waals surface area contributed by atoms with Gasteiger partial charge in [0.1, 0.15) is 6.07 Å². The van der Waals surface area contributed by atoms with Crippen molar-refractivity contribution in [2.24, 2.45) is 5.73 Å². The van der Waals surface area contributed by atoms with Crippen LogP contribution in [0.3, 0.4) is 0 Å². The van der Waals surface area contributed by atoms with Crippen molar-refractivity contribution in [3.63, 3.8) is 0 Å². The van der Waals surface area contributed by atoms with Gasteiger partial charge in [0, 0.05) is 10.5 Å². The van der Waals surface area contributed by atoms with Gasteiger partial charge in [0.05, 0.1) is 17.3 Å². The van der Waals surface area contributed by atoms with Gasteiger partial charge in [-0.2, -0.15) is 5.26 Å². The summed E-state index contributed by atoms with van der Waals surface area (Å²) < 4.78 is 0.953. The maximum absolute atomic E-state index is 9.20. The van der Waals surface area contributed by atoms with E-state index >= 15 is 0 Å². The molecule has 0 radical (unpaired) electrons. The molecule has 0 aliphatic heterocycles. The zero-order valence-electron chi connectivity index (χ0n) is 10.8. The number of hydrogen-bond donors (Lipinski definition) is 2. The quantitative estimate of drug-likeness (QED) is 0.879. The summed E-state index contributed by atoms with van der Waals surface area (Å²) in [7, 11) is 0. The van der Waals surface area contributed by atoms with Gasteiger partial charge in [-0.05, 0) is 35.7 Å². The van der Waals surface area contributed by atoms with Crippen molar-refractivity contribution in [1.82, 2.24) is 0 Å². The SMILES string of the molecule is N#Cc1ccc(Br)cc1NC1CC(N)c2ccccc21. The molecule has 1 aliphatic rings. The number of nitriles is 1. The first-order valence-corrected chi connectivity index (χ1v) is 7.29. The van der Waals surface area contributed by atoms with Crippen molar-refractivity contribution in [3.05, 3.63) is 63.6 Å². The zero-order chi connectivity index (χ0) is 14.1. The number of nitrogens with two attached hydrogens (primary N) is 1. The number of fused-ring (bicyclic) bond motifs is 1. The number of benzene rings is 2. The molecule has 0 saturated heterocycles. The van der Waals surface area contributed by atoms with E-state index in [9.17, 15) is 5.26 Å². The molecule has 0 saturated carbocycles. The van der Waals surface area contributed by atoms with Crippen LogP contribution in [0.4, 0.5) is 5.69 Å². The summed E-state index contributed by atoms with van der Waals surface area (Å²) in [5, 5.41) is 12.7. The summed E-state index contributed by atoms with van der Waals surface area (Å²) in [5.41, 5.74) is 10.1. The van der Waals surface area contributed by atoms with E-state index in [4.69, 9.17) is 5.73 Å². The molecule has 3 N–H and O–H groups in total. The van der Waals surface area contributed by atoms with Gasteiger partial charge < -0.3 is 11.1 Å². The Labute approximate surface area is 126 Å². The number of halogens is 1. The molecule has 4 heteroatoms. The van der Waals surface area contributed by atoms with Crippen LogP contribution in [0, 0.1) is 11.3 Å². The smallest absolute Gasteiger partial charge is 0.101 e. The summed E-state index contributed by atoms with van der Waals surface area (Å²) in [4.78, 5) is 0. The van der Waals surface area contributed by atoms with E-state index in [1.807, 2.05) is 30.3 Å². The standard InChI is InChI=1S/C16H14BrN3/c17-11-6-5-10(9-18)15(7-11)20-16-8-14(19)12-3-1-2-4-13(12)16/h1-7,14,16,20H,8,19H2. The van der Waals surface area contributed by atoms with Crippen molar-refractivity contribution < 1.29 is 0 Å². The highest BCUT2D eigenvalue weighted by atomic mass is 79.9. The second-order valence-electron chi connectivity index (χ2n) is 4.97. The van der Waals surface area contributed by atoms with Crippen molar-refractivity contribution in [2.75, 3.05) is 5.32 Å². The fourth-order valence-electron chi connectivity index (χ4n) is 2.73. The normalized spacial score (nSPS) is 20.2. The zero-order valence-corrected chi connectivity index (χ0v) is 12.4. The maximum atomic E-state index is 9.20. The molecule has 0 amide bonds. The lowest BCUT2D eigenvalue weighted by atomic mass is 10.1. The maximum Gasteiger partial charge on any atom is 0.101 e. The summed E-state index contributed by atoms with van der Waals surface area (Å²) in [6.07, 6.45) is 0.844. The van der Waals surface area contributed by atoms with Crippen LogP contribution in [-0.4, -0.2) is 0 Å². The predicted octanol–water partition coefficient (Wildman–Crippen LogP) is 3.88. The number of hydrogen-bond acceptors (Lipinski definition) is 3. The highest BCUT2D eigenvalue weighted by molar-refractivity contribution is 9.10. The molecule has 2 aromatic carbocycles. The minimum absolute atomic E-state index is 0.0568. The second kappa shape index (κ2) is 5.28. The van der Waals surface area contributed by atoms with E-state index in [2.05, 4.69) is 39.4 Å². The summed E-state index contributed by atoms with van der Waals surface area (Å²) >= 11 is 3.44. The molecular formula is C16H14BrN3. The van der Waals surface area contributed by atoms with Crippen LogP contribution in [0.15, 0.2) is 46.9 Å². The molecule has 20 heavy (non-hydrogen) atoms. The van der Waals surface area contributed by atoms with Crippen molar-refractivity contribution in [3.8, 4) is 6.07 Å². The van der Waals surface area contributed by atoms with Gasteiger partial charge in [0.15, 0.2) is 0 Å². The van der Waals surface area contributed by atoms with Gasteiger partial charge >= 0.3 is 0 Å². The Hall–Kier alpha value is -1.83. The van der Waals surface area contributed by atoms with Crippen LogP contribution >= 0.6 is 15.9 Å². The predicted molar refractivity (Wildman–Crippen MR) is 83.2 cm³/mol. The van der Waals surface area contributed by atoms with E-state index < -0.39 is 0 Å². The first-order valence-electron chi connectivity index (χ1n) is 6.49. The lowest BCUT2D eigenvalue weighted by molar-refractivity contribution is 0.648. The Morgan fingerprint density at radius 1 is 1.20 bits per heavy atom. The van der Waals surface area contributed by atoms with Crippen molar-refractivity contribution >= 4 is 21.6 Å². The monoisotopic (exact) mass is 327 g/mol. The van der Waals surface area contributed by atoms with Crippen molar-refractivity contribution in [2.45, 2.75) is 18.5 Å². The molecule has 0 aromatic heterocycles. The summed E-state index contributed by atoms with van der Waals surface area (Å²) in [6, 6.07) is 16.3. The third-order valence-electron chi connectivity index (χ3n) is 3.69. The Bertz CT molecular complexity index is 690. The molecule has 3 rings (SSSR count). The Kier molecular flexibility index (Phi) is 3.47. The summed E-state index contributed by atoms with van der Waals surface area (Å²) in [6.45, 7) is 0. The van der Waals surface area contributed by atoms with E-state index in [1.165, 1.54) is 11.1 Å². The van der Waals surface area contributed by atoms with Crippen LogP contribution in [0.25, 0.3) is 0 Å². The molecule has 2 aromatic rings. The fraction of sp³-hybridized carbons (Fsp3) is 0.188. The van der Waals surface area contributed by atoms with Crippen LogP contribution in [0.2, 0.25) is 0 Å². The Balaban J connectivity index is 1.94. The van der Waals surface area contributed by atoms with E-state index in [0.717, 1.165) is 16.6 Å². The number of nitrogens with one attached hydrogen (secondary N) is 1. The van der Waals surface area contributed by atoms with E-state index in [0.29, 0.717) is 5.56 Å². The lowest BCUT2D eigenvalue weighted by Gasteiger charge is -2.17. The third kappa shape index (κ3) is 2.31. The fourth-order valence-corrected chi connectivity index (χ4v) is 3.09. The number of nitrogens with zero attached hydrogens (tertiary/aromatic N) is 1. The molecule has 2 unspecified atom stereocenters. The minimum Gasteiger partial charge on any atom is -0.377 e. The molecule has 0 bridgehead atoms. The first kappa shape index (κ1) is 13.2. The largest absolute Gasteiger partial charge is 0.377 e. The molecule has 0 spiro atoms. The van der Waals surface area contributed by atoms with Gasteiger partial charge in [-0.3, -0.25) is 0 Å². The van der Waals surface area contributed by atoms with Crippen LogP contribution in [0.5, 0.6) is 0 Å². The average Bonchev–Trinajstić information content (AvgIpc) is 2.76. The molecular weight excluding hydrogens is 314 g/mol. The summed E-state index contributed by atoms with van der Waals surface area (Å²) in [5.74, 6) is 0. The lowest BCUT2D eigenvalue weighted by Crippen LogP contribution is -2.10. The molecule has 3 nitrogen and oxygen atoms in total. The highest BCUT2D eigenvalue weighted by Crippen LogP contribution is 2.39. The number of rotatable bonds is 2. The Morgan fingerprint density at radius 3 is 2.70 bits per heavy atom.